The van der Waals surface area contributed by atoms with Crippen LogP contribution >= 0.6 is 0 Å². The largest absolute Gasteiger partial charge is 0.290 e. The van der Waals surface area contributed by atoms with Crippen molar-refractivity contribution in [3.8, 4) is 11.8 Å². The van der Waals surface area contributed by atoms with Crippen molar-refractivity contribution in [2.75, 3.05) is 13.1 Å². The highest BCUT2D eigenvalue weighted by Gasteiger charge is 2.13. The Morgan fingerprint density at radius 3 is 2.50 bits per heavy atom. The summed E-state index contributed by atoms with van der Waals surface area (Å²) in [6.07, 6.45) is 5.11. The van der Waals surface area contributed by atoms with Gasteiger partial charge in [0.2, 0.25) is 0 Å². The minimum absolute atomic E-state index is 0.477. The Bertz CT molecular complexity index is 169. The molecule has 0 amide bonds. The molecule has 1 heteroatoms. The van der Waals surface area contributed by atoms with Crippen molar-refractivity contribution in [1.82, 2.24) is 4.90 Å². The topological polar surface area (TPSA) is 3.24 Å². The number of likely N-dealkylation sites (tertiary alicyclic amines) is 1. The molecule has 1 unspecified atom stereocenters. The van der Waals surface area contributed by atoms with Gasteiger partial charge in [-0.2, -0.15) is 0 Å². The van der Waals surface area contributed by atoms with Crippen LogP contribution in [0.1, 0.15) is 39.5 Å². The van der Waals surface area contributed by atoms with E-state index in [4.69, 9.17) is 0 Å². The van der Waals surface area contributed by atoms with E-state index in [0.717, 1.165) is 6.42 Å². The summed E-state index contributed by atoms with van der Waals surface area (Å²) in [5, 5.41) is 0. The lowest BCUT2D eigenvalue weighted by molar-refractivity contribution is 0.206. The Hall–Kier alpha value is -0.480. The van der Waals surface area contributed by atoms with Gasteiger partial charge in [-0.1, -0.05) is 19.3 Å². The molecule has 0 spiro atoms. The molecule has 68 valence electrons. The van der Waals surface area contributed by atoms with Gasteiger partial charge in [0.25, 0.3) is 0 Å². The fraction of sp³-hybridized carbons (Fsp3) is 0.818. The van der Waals surface area contributed by atoms with Crippen LogP contribution in [0.2, 0.25) is 0 Å². The zero-order chi connectivity index (χ0) is 8.81. The SMILES string of the molecule is CCC#CC(C)N1CCCCC1. The molecule has 1 aliphatic heterocycles. The predicted molar refractivity (Wildman–Crippen MR) is 53.0 cm³/mol. The fourth-order valence-electron chi connectivity index (χ4n) is 1.65. The molecule has 0 aromatic rings. The molecule has 1 fully saturated rings. The van der Waals surface area contributed by atoms with E-state index in [1.165, 1.54) is 32.4 Å². The van der Waals surface area contributed by atoms with E-state index in [9.17, 15) is 0 Å². The van der Waals surface area contributed by atoms with E-state index < -0.39 is 0 Å². The fourth-order valence-corrected chi connectivity index (χ4v) is 1.65. The summed E-state index contributed by atoms with van der Waals surface area (Å²) in [5.74, 6) is 6.43. The first-order valence-electron chi connectivity index (χ1n) is 5.07. The van der Waals surface area contributed by atoms with Crippen molar-refractivity contribution in [3.05, 3.63) is 0 Å². The summed E-state index contributed by atoms with van der Waals surface area (Å²) >= 11 is 0. The Balaban J connectivity index is 2.34. The van der Waals surface area contributed by atoms with Gasteiger partial charge in [-0.15, -0.1) is 5.92 Å². The quantitative estimate of drug-likeness (QED) is 0.539. The molecule has 1 nitrogen and oxygen atoms in total. The summed E-state index contributed by atoms with van der Waals surface area (Å²) in [7, 11) is 0. The third kappa shape index (κ3) is 2.87. The maximum atomic E-state index is 3.28. The molecule has 0 N–H and O–H groups in total. The molecule has 1 heterocycles. The van der Waals surface area contributed by atoms with Gasteiger partial charge in [-0.05, 0) is 32.9 Å². The van der Waals surface area contributed by atoms with E-state index >= 15 is 0 Å². The number of nitrogens with zero attached hydrogens (tertiary/aromatic N) is 1. The van der Waals surface area contributed by atoms with Crippen molar-refractivity contribution in [2.24, 2.45) is 0 Å². The molecule has 1 rings (SSSR count). The van der Waals surface area contributed by atoms with E-state index in [1.807, 2.05) is 0 Å². The van der Waals surface area contributed by atoms with E-state index in [0.29, 0.717) is 6.04 Å². The van der Waals surface area contributed by atoms with Gasteiger partial charge in [0.05, 0.1) is 6.04 Å². The predicted octanol–water partition coefficient (Wildman–Crippen LogP) is 2.27. The molecule has 0 aromatic heterocycles. The van der Waals surface area contributed by atoms with Crippen molar-refractivity contribution in [3.63, 3.8) is 0 Å². The van der Waals surface area contributed by atoms with E-state index in [1.54, 1.807) is 0 Å². The lowest BCUT2D eigenvalue weighted by Crippen LogP contribution is -2.36. The maximum Gasteiger partial charge on any atom is 0.0685 e. The third-order valence-corrected chi connectivity index (χ3v) is 2.43. The minimum atomic E-state index is 0.477. The monoisotopic (exact) mass is 165 g/mol. The van der Waals surface area contributed by atoms with Gasteiger partial charge < -0.3 is 0 Å². The molecule has 0 saturated carbocycles. The molecular weight excluding hydrogens is 146 g/mol. The molecule has 1 aliphatic rings. The standard InChI is InChI=1S/C11H19N/c1-3-4-8-11(2)12-9-6-5-7-10-12/h11H,3,5-7,9-10H2,1-2H3. The van der Waals surface area contributed by atoms with Gasteiger partial charge in [0.15, 0.2) is 0 Å². The van der Waals surface area contributed by atoms with E-state index in [2.05, 4.69) is 30.6 Å². The third-order valence-electron chi connectivity index (χ3n) is 2.43. The molecule has 0 bridgehead atoms. The summed E-state index contributed by atoms with van der Waals surface area (Å²) in [6.45, 7) is 6.82. The normalized spacial score (nSPS) is 21.2. The minimum Gasteiger partial charge on any atom is -0.290 e. The van der Waals surface area contributed by atoms with Gasteiger partial charge in [-0.3, -0.25) is 4.90 Å². The summed E-state index contributed by atoms with van der Waals surface area (Å²) < 4.78 is 0. The molecule has 0 radical (unpaired) electrons. The van der Waals surface area contributed by atoms with Crippen LogP contribution < -0.4 is 0 Å². The smallest absolute Gasteiger partial charge is 0.0685 e. The van der Waals surface area contributed by atoms with Crippen LogP contribution in [0.4, 0.5) is 0 Å². The second-order valence-corrected chi connectivity index (χ2v) is 3.45. The van der Waals surface area contributed by atoms with Crippen molar-refractivity contribution < 1.29 is 0 Å². The van der Waals surface area contributed by atoms with Gasteiger partial charge in [0, 0.05) is 6.42 Å². The van der Waals surface area contributed by atoms with Crippen LogP contribution in [0, 0.1) is 11.8 Å². The lowest BCUT2D eigenvalue weighted by Gasteiger charge is -2.29. The maximum absolute atomic E-state index is 3.28. The van der Waals surface area contributed by atoms with Gasteiger partial charge >= 0.3 is 0 Å². The highest BCUT2D eigenvalue weighted by molar-refractivity contribution is 5.06. The molecule has 1 atom stereocenters. The number of hydrogen-bond acceptors (Lipinski definition) is 1. The van der Waals surface area contributed by atoms with Crippen LogP contribution in [0.15, 0.2) is 0 Å². The van der Waals surface area contributed by atoms with E-state index in [-0.39, 0.29) is 0 Å². The van der Waals surface area contributed by atoms with Gasteiger partial charge in [0.1, 0.15) is 0 Å². The van der Waals surface area contributed by atoms with Crippen LogP contribution in [-0.4, -0.2) is 24.0 Å². The lowest BCUT2D eigenvalue weighted by atomic mass is 10.1. The molecule has 12 heavy (non-hydrogen) atoms. The Morgan fingerprint density at radius 2 is 1.92 bits per heavy atom. The van der Waals surface area contributed by atoms with Crippen molar-refractivity contribution in [1.29, 1.82) is 0 Å². The highest BCUT2D eigenvalue weighted by atomic mass is 15.1. The highest BCUT2D eigenvalue weighted by Crippen LogP contribution is 2.11. The Kier molecular flexibility index (Phi) is 4.18. The molecule has 1 saturated heterocycles. The zero-order valence-electron chi connectivity index (χ0n) is 8.27. The zero-order valence-corrected chi connectivity index (χ0v) is 8.27. The van der Waals surface area contributed by atoms with Crippen LogP contribution in [0.5, 0.6) is 0 Å². The molecular formula is C11H19N. The first kappa shape index (κ1) is 9.61. The second kappa shape index (κ2) is 5.22. The number of rotatable bonds is 1. The van der Waals surface area contributed by atoms with Crippen molar-refractivity contribution >= 4 is 0 Å². The first-order valence-corrected chi connectivity index (χ1v) is 5.07. The Morgan fingerprint density at radius 1 is 1.25 bits per heavy atom. The molecule has 0 aliphatic carbocycles. The Labute approximate surface area is 76.1 Å². The van der Waals surface area contributed by atoms with Crippen LogP contribution in [0.3, 0.4) is 0 Å². The summed E-state index contributed by atoms with van der Waals surface area (Å²) in [4.78, 5) is 2.49. The average molecular weight is 165 g/mol. The van der Waals surface area contributed by atoms with Crippen molar-refractivity contribution in [2.45, 2.75) is 45.6 Å². The number of hydrogen-bond donors (Lipinski definition) is 0. The number of piperidine rings is 1. The van der Waals surface area contributed by atoms with Crippen LogP contribution in [-0.2, 0) is 0 Å². The summed E-state index contributed by atoms with van der Waals surface area (Å²) in [5.41, 5.74) is 0. The van der Waals surface area contributed by atoms with Crippen LogP contribution in [0.25, 0.3) is 0 Å². The second-order valence-electron chi connectivity index (χ2n) is 3.45. The summed E-state index contributed by atoms with van der Waals surface area (Å²) in [6, 6.07) is 0.477. The average Bonchev–Trinajstić information content (AvgIpc) is 2.15. The first-order chi connectivity index (χ1) is 5.84. The van der Waals surface area contributed by atoms with Gasteiger partial charge in [-0.25, -0.2) is 0 Å². The molecule has 0 aromatic carbocycles.